The van der Waals surface area contributed by atoms with Gasteiger partial charge in [0.25, 0.3) is 11.6 Å². The van der Waals surface area contributed by atoms with E-state index >= 15 is 0 Å². The van der Waals surface area contributed by atoms with Crippen LogP contribution in [0.15, 0.2) is 48.5 Å². The van der Waals surface area contributed by atoms with E-state index in [2.05, 4.69) is 5.32 Å². The number of nitrogens with one attached hydrogen (secondary N) is 1. The molecule has 0 spiro atoms. The van der Waals surface area contributed by atoms with Gasteiger partial charge in [0.2, 0.25) is 0 Å². The highest BCUT2D eigenvalue weighted by molar-refractivity contribution is 5.93. The molecule has 0 aromatic heterocycles. The van der Waals surface area contributed by atoms with Gasteiger partial charge in [-0.3, -0.25) is 19.7 Å². The minimum absolute atomic E-state index is 0.0842. The molecule has 0 atom stereocenters. The van der Waals surface area contributed by atoms with Gasteiger partial charge in [-0.1, -0.05) is 18.2 Å². The van der Waals surface area contributed by atoms with Crippen LogP contribution in [-0.4, -0.2) is 36.6 Å². The number of hydrogen-bond donors (Lipinski definition) is 1. The SMILES string of the molecule is CCOc1ccccc1OCCCC(=O)OCC(=O)Nc1cccc([N+](=O)[O-])c1. The van der Waals surface area contributed by atoms with Gasteiger partial charge in [0.05, 0.1) is 18.1 Å². The summed E-state index contributed by atoms with van der Waals surface area (Å²) in [5.74, 6) is 0.107. The number of nitrogens with zero attached hydrogens (tertiary/aromatic N) is 1. The molecule has 0 fully saturated rings. The first-order valence-electron chi connectivity index (χ1n) is 9.04. The standard InChI is InChI=1S/C20H22N2O7/c1-2-27-17-9-3-4-10-18(17)28-12-6-11-20(24)29-14-19(23)21-15-7-5-8-16(13-15)22(25)26/h3-5,7-10,13H,2,6,11-12,14H2,1H3,(H,21,23). The van der Waals surface area contributed by atoms with Crippen molar-refractivity contribution in [3.63, 3.8) is 0 Å². The molecule has 2 aromatic carbocycles. The van der Waals surface area contributed by atoms with Crippen molar-refractivity contribution >= 4 is 23.3 Å². The van der Waals surface area contributed by atoms with Crippen LogP contribution in [-0.2, 0) is 14.3 Å². The topological polar surface area (TPSA) is 117 Å². The van der Waals surface area contributed by atoms with Crippen LogP contribution >= 0.6 is 0 Å². The van der Waals surface area contributed by atoms with Crippen molar-refractivity contribution in [1.82, 2.24) is 0 Å². The highest BCUT2D eigenvalue weighted by Crippen LogP contribution is 2.26. The van der Waals surface area contributed by atoms with E-state index in [1.807, 2.05) is 19.1 Å². The van der Waals surface area contributed by atoms with Gasteiger partial charge in [-0.15, -0.1) is 0 Å². The second kappa shape index (κ2) is 11.3. The van der Waals surface area contributed by atoms with Gasteiger partial charge in [-0.25, -0.2) is 0 Å². The van der Waals surface area contributed by atoms with Crippen LogP contribution in [0.5, 0.6) is 11.5 Å². The average Bonchev–Trinajstić information content (AvgIpc) is 2.71. The summed E-state index contributed by atoms with van der Waals surface area (Å²) in [7, 11) is 0. The lowest BCUT2D eigenvalue weighted by atomic mass is 10.3. The quantitative estimate of drug-likeness (QED) is 0.265. The number of anilines is 1. The van der Waals surface area contributed by atoms with Crippen LogP contribution in [0.3, 0.4) is 0 Å². The number of carbonyl (C=O) groups excluding carboxylic acids is 2. The summed E-state index contributed by atoms with van der Waals surface area (Å²) >= 11 is 0. The number of nitro groups is 1. The Morgan fingerprint density at radius 2 is 1.79 bits per heavy atom. The Hall–Kier alpha value is -3.62. The molecule has 29 heavy (non-hydrogen) atoms. The normalized spacial score (nSPS) is 10.1. The highest BCUT2D eigenvalue weighted by Gasteiger charge is 2.11. The number of ether oxygens (including phenoxy) is 3. The second-order valence-corrected chi connectivity index (χ2v) is 5.85. The fourth-order valence-electron chi connectivity index (χ4n) is 2.36. The minimum atomic E-state index is -0.583. The Morgan fingerprint density at radius 3 is 2.48 bits per heavy atom. The molecule has 0 bridgehead atoms. The van der Waals surface area contributed by atoms with Crippen molar-refractivity contribution < 1.29 is 28.7 Å². The zero-order chi connectivity index (χ0) is 21.1. The van der Waals surface area contributed by atoms with Gasteiger partial charge in [0.15, 0.2) is 18.1 Å². The first-order valence-corrected chi connectivity index (χ1v) is 9.04. The fourth-order valence-corrected chi connectivity index (χ4v) is 2.36. The van der Waals surface area contributed by atoms with Crippen molar-refractivity contribution in [2.45, 2.75) is 19.8 Å². The number of rotatable bonds is 11. The van der Waals surface area contributed by atoms with Crippen molar-refractivity contribution in [2.75, 3.05) is 25.1 Å². The van der Waals surface area contributed by atoms with E-state index in [1.54, 1.807) is 12.1 Å². The lowest BCUT2D eigenvalue weighted by Gasteiger charge is -2.11. The third-order valence-electron chi connectivity index (χ3n) is 3.64. The van der Waals surface area contributed by atoms with E-state index < -0.39 is 23.4 Å². The Balaban J connectivity index is 1.67. The molecule has 9 nitrogen and oxygen atoms in total. The maximum atomic E-state index is 11.8. The van der Waals surface area contributed by atoms with Crippen molar-refractivity contribution in [3.05, 3.63) is 58.6 Å². The van der Waals surface area contributed by atoms with E-state index in [4.69, 9.17) is 14.2 Å². The van der Waals surface area contributed by atoms with Gasteiger partial charge in [0, 0.05) is 24.2 Å². The smallest absolute Gasteiger partial charge is 0.306 e. The molecule has 0 unspecified atom stereocenters. The van der Waals surface area contributed by atoms with E-state index in [1.165, 1.54) is 24.3 Å². The zero-order valence-electron chi connectivity index (χ0n) is 16.0. The van der Waals surface area contributed by atoms with E-state index in [9.17, 15) is 19.7 Å². The van der Waals surface area contributed by atoms with Gasteiger partial charge in [-0.2, -0.15) is 0 Å². The molecule has 0 saturated carbocycles. The summed E-state index contributed by atoms with van der Waals surface area (Å²) in [6.07, 6.45) is 0.493. The maximum absolute atomic E-state index is 11.8. The third kappa shape index (κ3) is 7.49. The van der Waals surface area contributed by atoms with Gasteiger partial charge in [-0.05, 0) is 31.5 Å². The fraction of sp³-hybridized carbons (Fsp3) is 0.300. The summed E-state index contributed by atoms with van der Waals surface area (Å²) < 4.78 is 16.0. The zero-order valence-corrected chi connectivity index (χ0v) is 16.0. The molecule has 0 radical (unpaired) electrons. The highest BCUT2D eigenvalue weighted by atomic mass is 16.6. The molecule has 0 aliphatic heterocycles. The molecule has 2 rings (SSSR count). The summed E-state index contributed by atoms with van der Waals surface area (Å²) in [5, 5.41) is 13.2. The molecule has 9 heteroatoms. The van der Waals surface area contributed by atoms with E-state index in [0.717, 1.165) is 0 Å². The lowest BCUT2D eigenvalue weighted by molar-refractivity contribution is -0.384. The van der Waals surface area contributed by atoms with Crippen LogP contribution in [0.1, 0.15) is 19.8 Å². The molecular weight excluding hydrogens is 380 g/mol. The first-order chi connectivity index (χ1) is 14.0. The number of carbonyl (C=O) groups is 2. The number of nitro benzene ring substituents is 1. The predicted molar refractivity (Wildman–Crippen MR) is 105 cm³/mol. The molecule has 1 N–H and O–H groups in total. The van der Waals surface area contributed by atoms with Crippen molar-refractivity contribution in [1.29, 1.82) is 0 Å². The maximum Gasteiger partial charge on any atom is 0.306 e. The summed E-state index contributed by atoms with van der Waals surface area (Å²) in [4.78, 5) is 33.7. The van der Waals surface area contributed by atoms with E-state index in [0.29, 0.717) is 31.1 Å². The first kappa shape index (κ1) is 21.7. The molecule has 2 aromatic rings. The third-order valence-corrected chi connectivity index (χ3v) is 3.64. The van der Waals surface area contributed by atoms with E-state index in [-0.39, 0.29) is 17.8 Å². The molecule has 154 valence electrons. The number of hydrogen-bond acceptors (Lipinski definition) is 7. The number of benzene rings is 2. The predicted octanol–water partition coefficient (Wildman–Crippen LogP) is 3.33. The Labute approximate surface area is 167 Å². The van der Waals surface area contributed by atoms with Crippen LogP contribution in [0.4, 0.5) is 11.4 Å². The number of esters is 1. The van der Waals surface area contributed by atoms with Crippen molar-refractivity contribution in [3.8, 4) is 11.5 Å². The minimum Gasteiger partial charge on any atom is -0.490 e. The lowest BCUT2D eigenvalue weighted by Crippen LogP contribution is -2.21. The summed E-state index contributed by atoms with van der Waals surface area (Å²) in [5.41, 5.74) is 0.104. The van der Waals surface area contributed by atoms with Crippen LogP contribution in [0, 0.1) is 10.1 Å². The largest absolute Gasteiger partial charge is 0.490 e. The van der Waals surface area contributed by atoms with Crippen LogP contribution in [0.25, 0.3) is 0 Å². The van der Waals surface area contributed by atoms with Gasteiger partial charge < -0.3 is 19.5 Å². The number of amides is 1. The van der Waals surface area contributed by atoms with Gasteiger partial charge in [0.1, 0.15) is 0 Å². The average molecular weight is 402 g/mol. The monoisotopic (exact) mass is 402 g/mol. The van der Waals surface area contributed by atoms with Gasteiger partial charge >= 0.3 is 5.97 Å². The molecule has 0 saturated heterocycles. The van der Waals surface area contributed by atoms with Crippen LogP contribution < -0.4 is 14.8 Å². The van der Waals surface area contributed by atoms with Crippen molar-refractivity contribution in [2.24, 2.45) is 0 Å². The van der Waals surface area contributed by atoms with Crippen LogP contribution in [0.2, 0.25) is 0 Å². The molecule has 0 aliphatic carbocycles. The summed E-state index contributed by atoms with van der Waals surface area (Å²) in [6, 6.07) is 12.7. The molecule has 1 amide bonds. The molecular formula is C20H22N2O7. The summed E-state index contributed by atoms with van der Waals surface area (Å²) in [6.45, 7) is 2.21. The molecule has 0 heterocycles. The Morgan fingerprint density at radius 1 is 1.07 bits per heavy atom. The Bertz CT molecular complexity index is 854. The Kier molecular flexibility index (Phi) is 8.43. The number of para-hydroxylation sites is 2. The second-order valence-electron chi connectivity index (χ2n) is 5.85. The number of non-ortho nitro benzene ring substituents is 1. The molecule has 0 aliphatic rings.